The van der Waals surface area contributed by atoms with Crippen molar-refractivity contribution in [3.05, 3.63) is 34.5 Å². The highest BCUT2D eigenvalue weighted by molar-refractivity contribution is 5.72. The number of hydrogen-bond acceptors (Lipinski definition) is 4. The van der Waals surface area contributed by atoms with E-state index in [0.29, 0.717) is 24.5 Å². The van der Waals surface area contributed by atoms with Gasteiger partial charge < -0.3 is 9.47 Å². The van der Waals surface area contributed by atoms with Gasteiger partial charge in [-0.2, -0.15) is 0 Å². The quantitative estimate of drug-likeness (QED) is 0.0707. The Bertz CT molecular complexity index is 791. The molecule has 1 aromatic rings. The molecule has 0 aliphatic rings. The van der Waals surface area contributed by atoms with Crippen molar-refractivity contribution < 1.29 is 14.3 Å². The highest BCUT2D eigenvalue weighted by atomic mass is 16.5. The molecule has 0 fully saturated rings. The van der Waals surface area contributed by atoms with Gasteiger partial charge in [0.25, 0.3) is 0 Å². The van der Waals surface area contributed by atoms with E-state index >= 15 is 0 Å². The van der Waals surface area contributed by atoms with Gasteiger partial charge in [-0.1, -0.05) is 162 Å². The normalized spacial score (nSPS) is 11.1. The van der Waals surface area contributed by atoms with Crippen LogP contribution in [0.3, 0.4) is 0 Å². The van der Waals surface area contributed by atoms with E-state index in [0.717, 1.165) is 25.7 Å². The van der Waals surface area contributed by atoms with Gasteiger partial charge in [0.1, 0.15) is 5.75 Å². The molecule has 0 N–H and O–H groups in total. The van der Waals surface area contributed by atoms with Gasteiger partial charge in [0, 0.05) is 6.42 Å². The first-order chi connectivity index (χ1) is 20.2. The largest absolute Gasteiger partial charge is 0.489 e. The molecule has 41 heavy (non-hydrogen) atoms. The Morgan fingerprint density at radius 2 is 0.902 bits per heavy atom. The number of carbonyl (C=O) groups excluding carboxylic acids is 1. The molecule has 0 amide bonds. The highest BCUT2D eigenvalue weighted by Gasteiger charge is 2.06. The van der Waals surface area contributed by atoms with Crippen LogP contribution in [0.2, 0.25) is 0 Å². The second-order valence-electron chi connectivity index (χ2n) is 12.0. The number of ether oxygens (including phenoxy) is 2. The Morgan fingerprint density at radius 3 is 1.37 bits per heavy atom. The van der Waals surface area contributed by atoms with Gasteiger partial charge >= 0.3 is 5.97 Å². The lowest BCUT2D eigenvalue weighted by atomic mass is 10.0. The smallest absolute Gasteiger partial charge is 0.311 e. The van der Waals surface area contributed by atoms with Crippen molar-refractivity contribution in [2.45, 2.75) is 181 Å². The van der Waals surface area contributed by atoms with Gasteiger partial charge in [-0.05, 0) is 37.1 Å². The molecule has 4 nitrogen and oxygen atoms in total. The van der Waals surface area contributed by atoms with Crippen LogP contribution in [0.25, 0.3) is 0 Å². The van der Waals surface area contributed by atoms with Crippen LogP contribution in [0, 0.1) is 0 Å². The molecule has 0 radical (unpaired) electrons. The summed E-state index contributed by atoms with van der Waals surface area (Å²) in [6.45, 7) is 5.07. The molecule has 1 rings (SSSR count). The topological polar surface area (TPSA) is 52.6 Å². The van der Waals surface area contributed by atoms with Crippen LogP contribution in [-0.2, 0) is 4.79 Å². The molecular formula is C37H64O4. The summed E-state index contributed by atoms with van der Waals surface area (Å²) in [6, 6.07) is 6.30. The Hall–Kier alpha value is -1.84. The molecule has 0 bridgehead atoms. The molecule has 0 aliphatic heterocycles. The Morgan fingerprint density at radius 1 is 0.512 bits per heavy atom. The Labute approximate surface area is 253 Å². The number of unbranched alkanes of at least 4 members (excludes halogenated alkanes) is 23. The fourth-order valence-electron chi connectivity index (χ4n) is 5.32. The summed E-state index contributed by atoms with van der Waals surface area (Å²) in [5.74, 6) is 0.499. The minimum Gasteiger partial charge on any atom is -0.489 e. The van der Waals surface area contributed by atoms with Crippen LogP contribution in [0.4, 0.5) is 0 Å². The number of esters is 1. The maximum atomic E-state index is 12.3. The fourth-order valence-corrected chi connectivity index (χ4v) is 5.32. The van der Waals surface area contributed by atoms with Crippen molar-refractivity contribution in [1.82, 2.24) is 0 Å². The molecule has 0 heterocycles. The summed E-state index contributed by atoms with van der Waals surface area (Å²) in [7, 11) is 0. The van der Waals surface area contributed by atoms with E-state index in [1.807, 2.05) is 0 Å². The van der Waals surface area contributed by atoms with Gasteiger partial charge in [0.05, 0.1) is 6.61 Å². The lowest BCUT2D eigenvalue weighted by Crippen LogP contribution is -2.07. The van der Waals surface area contributed by atoms with Gasteiger partial charge in [-0.15, -0.1) is 0 Å². The molecule has 0 unspecified atom stereocenters. The standard InChI is InChI=1S/C37H64O4/c1-3-5-7-9-11-13-15-16-17-18-19-20-22-24-26-28-37(39)41-34-29-31-35(38)36(32-30-34)40-33-27-25-23-21-14-12-10-8-6-4-2/h29-32H,3-28,33H2,1-2H3. The van der Waals surface area contributed by atoms with Gasteiger partial charge in [0.2, 0.25) is 5.43 Å². The van der Waals surface area contributed by atoms with E-state index in [9.17, 15) is 9.59 Å². The van der Waals surface area contributed by atoms with Crippen molar-refractivity contribution in [2.24, 2.45) is 0 Å². The minimum absolute atomic E-state index is 0.179. The van der Waals surface area contributed by atoms with Crippen molar-refractivity contribution in [3.8, 4) is 11.5 Å². The first-order valence-electron chi connectivity index (χ1n) is 17.6. The van der Waals surface area contributed by atoms with Crippen molar-refractivity contribution in [1.29, 1.82) is 0 Å². The van der Waals surface area contributed by atoms with Crippen LogP contribution < -0.4 is 14.9 Å². The zero-order valence-corrected chi connectivity index (χ0v) is 27.0. The average Bonchev–Trinajstić information content (AvgIpc) is 3.14. The molecule has 0 saturated heterocycles. The molecular weight excluding hydrogens is 508 g/mol. The van der Waals surface area contributed by atoms with E-state index < -0.39 is 0 Å². The Kier molecular flexibility index (Phi) is 25.7. The summed E-state index contributed by atoms with van der Waals surface area (Å²) >= 11 is 0. The predicted molar refractivity (Wildman–Crippen MR) is 175 cm³/mol. The van der Waals surface area contributed by atoms with E-state index in [1.54, 1.807) is 18.2 Å². The summed E-state index contributed by atoms with van der Waals surface area (Å²) in [4.78, 5) is 24.6. The summed E-state index contributed by atoms with van der Waals surface area (Å²) in [5, 5.41) is 0. The molecule has 0 atom stereocenters. The highest BCUT2D eigenvalue weighted by Crippen LogP contribution is 2.16. The van der Waals surface area contributed by atoms with Crippen molar-refractivity contribution in [3.63, 3.8) is 0 Å². The number of carbonyl (C=O) groups is 1. The second kappa shape index (κ2) is 28.3. The third-order valence-electron chi connectivity index (χ3n) is 8.01. The van der Waals surface area contributed by atoms with Gasteiger partial charge in [-0.25, -0.2) is 0 Å². The van der Waals surface area contributed by atoms with E-state index in [4.69, 9.17) is 9.47 Å². The molecule has 1 aromatic carbocycles. The summed E-state index contributed by atoms with van der Waals surface area (Å²) in [6.07, 6.45) is 32.6. The third-order valence-corrected chi connectivity index (χ3v) is 8.01. The van der Waals surface area contributed by atoms with Crippen LogP contribution >= 0.6 is 0 Å². The molecule has 236 valence electrons. The first kappa shape index (κ1) is 37.2. The molecule has 0 saturated carbocycles. The molecule has 0 aromatic heterocycles. The average molecular weight is 573 g/mol. The maximum absolute atomic E-state index is 12.3. The number of rotatable bonds is 29. The number of hydrogen-bond donors (Lipinski definition) is 0. The van der Waals surface area contributed by atoms with Crippen LogP contribution in [0.1, 0.15) is 181 Å². The second-order valence-corrected chi connectivity index (χ2v) is 12.0. The summed E-state index contributed by atoms with van der Waals surface area (Å²) in [5.41, 5.74) is -0.179. The monoisotopic (exact) mass is 572 g/mol. The van der Waals surface area contributed by atoms with Crippen molar-refractivity contribution in [2.75, 3.05) is 6.61 Å². The van der Waals surface area contributed by atoms with E-state index in [-0.39, 0.29) is 11.4 Å². The third kappa shape index (κ3) is 23.4. The first-order valence-corrected chi connectivity index (χ1v) is 17.6. The lowest BCUT2D eigenvalue weighted by Gasteiger charge is -2.05. The fraction of sp³-hybridized carbons (Fsp3) is 0.784. The van der Waals surface area contributed by atoms with E-state index in [2.05, 4.69) is 13.8 Å². The Balaban J connectivity index is 2.04. The zero-order chi connectivity index (χ0) is 29.6. The van der Waals surface area contributed by atoms with E-state index in [1.165, 1.54) is 141 Å². The minimum atomic E-state index is -0.230. The SMILES string of the molecule is CCCCCCCCCCCCCCCCCC(=O)Oc1ccc(OCCCCCCCCCCCC)c(=O)cc1. The summed E-state index contributed by atoms with van der Waals surface area (Å²) < 4.78 is 11.2. The van der Waals surface area contributed by atoms with Crippen LogP contribution in [0.15, 0.2) is 29.1 Å². The van der Waals surface area contributed by atoms with Gasteiger partial charge in [-0.3, -0.25) is 9.59 Å². The maximum Gasteiger partial charge on any atom is 0.311 e. The molecule has 0 spiro atoms. The van der Waals surface area contributed by atoms with Gasteiger partial charge in [0.15, 0.2) is 5.75 Å². The zero-order valence-electron chi connectivity index (χ0n) is 27.0. The van der Waals surface area contributed by atoms with Crippen molar-refractivity contribution >= 4 is 5.97 Å². The molecule has 0 aliphatic carbocycles. The molecule has 4 heteroatoms. The lowest BCUT2D eigenvalue weighted by molar-refractivity contribution is -0.134. The predicted octanol–water partition coefficient (Wildman–Crippen LogP) is 11.5. The van der Waals surface area contributed by atoms with Crippen LogP contribution in [0.5, 0.6) is 11.5 Å². The van der Waals surface area contributed by atoms with Crippen LogP contribution in [-0.4, -0.2) is 12.6 Å².